The van der Waals surface area contributed by atoms with Crippen molar-refractivity contribution in [3.63, 3.8) is 0 Å². The van der Waals surface area contributed by atoms with Gasteiger partial charge in [-0.25, -0.2) is 0 Å². The third-order valence-corrected chi connectivity index (χ3v) is 12.0. The Morgan fingerprint density at radius 1 is 1.02 bits per heavy atom. The molecule has 11 nitrogen and oxygen atoms in total. The first-order valence-electron chi connectivity index (χ1n) is 15.0. The maximum Gasteiger partial charge on any atom is 0.305 e. The predicted molar refractivity (Wildman–Crippen MR) is 166 cm³/mol. The molecule has 7 rings (SSSR count). The van der Waals surface area contributed by atoms with Gasteiger partial charge in [0.2, 0.25) is 11.8 Å². The fourth-order valence-electron chi connectivity index (χ4n) is 7.85. The van der Waals surface area contributed by atoms with Gasteiger partial charge in [0.05, 0.1) is 29.9 Å². The van der Waals surface area contributed by atoms with Gasteiger partial charge in [-0.2, -0.15) is 0 Å². The number of anilines is 1. The summed E-state index contributed by atoms with van der Waals surface area (Å²) in [6, 6.07) is 14.7. The van der Waals surface area contributed by atoms with Gasteiger partial charge in [-0.15, -0.1) is 11.8 Å². The molecular formula is C32H31N3O8S2. The van der Waals surface area contributed by atoms with Crippen LogP contribution < -0.4 is 19.7 Å². The number of rotatable bonds is 10. The molecule has 3 amide bonds. The molecule has 4 aliphatic rings. The van der Waals surface area contributed by atoms with Crippen molar-refractivity contribution < 1.29 is 33.8 Å². The lowest BCUT2D eigenvalue weighted by atomic mass is 9.68. The number of carbonyl (C=O) groups is 4. The van der Waals surface area contributed by atoms with Gasteiger partial charge in [0, 0.05) is 28.3 Å². The fraction of sp³-hybridized carbons (Fsp3) is 0.406. The molecule has 0 spiro atoms. The van der Waals surface area contributed by atoms with E-state index in [1.807, 2.05) is 37.3 Å². The van der Waals surface area contributed by atoms with Crippen molar-refractivity contribution in [3.05, 3.63) is 68.6 Å². The van der Waals surface area contributed by atoms with E-state index in [1.54, 1.807) is 30.0 Å². The summed E-state index contributed by atoms with van der Waals surface area (Å²) in [6.45, 7) is 1.89. The first kappa shape index (κ1) is 29.6. The number of hydrogen-bond donors (Lipinski definition) is 3. The Balaban J connectivity index is 1.18. The molecule has 2 saturated carbocycles. The number of fused-ring (bicyclic) bond motifs is 9. The van der Waals surface area contributed by atoms with E-state index in [0.717, 1.165) is 38.1 Å². The van der Waals surface area contributed by atoms with E-state index in [-0.39, 0.29) is 71.1 Å². The topological polar surface area (TPSA) is 155 Å². The number of nitrogens with one attached hydrogen (secondary N) is 2. The monoisotopic (exact) mass is 649 g/mol. The van der Waals surface area contributed by atoms with Crippen LogP contribution in [-0.2, 0) is 19.2 Å². The molecule has 13 heteroatoms. The van der Waals surface area contributed by atoms with E-state index < -0.39 is 17.8 Å². The second-order valence-corrected chi connectivity index (χ2v) is 14.0. The molecule has 3 aromatic rings. The van der Waals surface area contributed by atoms with Gasteiger partial charge in [0.1, 0.15) is 0 Å². The van der Waals surface area contributed by atoms with Gasteiger partial charge in [-0.3, -0.25) is 28.9 Å². The zero-order valence-corrected chi connectivity index (χ0v) is 25.9. The maximum absolute atomic E-state index is 13.6. The summed E-state index contributed by atoms with van der Waals surface area (Å²) in [5, 5.41) is 12.8. The van der Waals surface area contributed by atoms with Crippen molar-refractivity contribution >= 4 is 52.5 Å². The summed E-state index contributed by atoms with van der Waals surface area (Å²) in [4.78, 5) is 68.3. The maximum atomic E-state index is 13.6. The van der Waals surface area contributed by atoms with Crippen LogP contribution in [0.15, 0.2) is 58.4 Å². The summed E-state index contributed by atoms with van der Waals surface area (Å²) in [5.41, 5.74) is 1.56. The van der Waals surface area contributed by atoms with E-state index >= 15 is 0 Å². The molecule has 45 heavy (non-hydrogen) atoms. The van der Waals surface area contributed by atoms with E-state index in [2.05, 4.69) is 10.3 Å². The first-order chi connectivity index (χ1) is 21.7. The Morgan fingerprint density at radius 2 is 1.78 bits per heavy atom. The Kier molecular flexibility index (Phi) is 7.68. The van der Waals surface area contributed by atoms with E-state index in [1.165, 1.54) is 0 Å². The standard InChI is InChI=1S/C32H31N3O8S2/c1-2-42-20-12-15(8-9-19(20)43-14-21(36)33-16-6-4-3-5-7-16)23-24-17-13-18(27(24)44-29-28(23)45-32(41)34-29)26-25(17)30(39)35(31(26)40)11-10-22(37)38/h3-9,12,17-18,23-27H,2,10-11,13-14H2,1H3,(H,33,36)(H,34,41)(H,37,38)/t17?,18?,23-,24?,25?,26?,27?/m1/s1. The summed E-state index contributed by atoms with van der Waals surface area (Å²) in [5.74, 6) is -2.38. The van der Waals surface area contributed by atoms with Crippen LogP contribution in [0.5, 0.6) is 11.5 Å². The van der Waals surface area contributed by atoms with E-state index in [4.69, 9.17) is 9.47 Å². The molecular weight excluding hydrogens is 618 g/mol. The molecule has 2 aromatic carbocycles. The molecule has 6 unspecified atom stereocenters. The number of aromatic amines is 1. The van der Waals surface area contributed by atoms with Crippen LogP contribution in [-0.4, -0.2) is 63.7 Å². The SMILES string of the molecule is CCOc1cc([C@H]2c3sc(=O)[nH]c3SC3C4CC(C5C(=O)N(CCC(=O)O)C(=O)C45)C32)ccc1OCC(=O)Nc1ccccc1. The Labute approximate surface area is 266 Å². The Bertz CT molecular complexity index is 1740. The van der Waals surface area contributed by atoms with Crippen LogP contribution in [0.4, 0.5) is 5.69 Å². The minimum absolute atomic E-state index is 0.00308. The number of amides is 3. The Hall–Kier alpha value is -4.10. The number of nitrogens with zero attached hydrogens (tertiary/aromatic N) is 1. The summed E-state index contributed by atoms with van der Waals surface area (Å²) < 4.78 is 11.9. The van der Waals surface area contributed by atoms with Gasteiger partial charge in [-0.1, -0.05) is 35.6 Å². The second kappa shape index (κ2) is 11.7. The van der Waals surface area contributed by atoms with Gasteiger partial charge >= 0.3 is 10.8 Å². The number of carboxylic acid groups (broad SMARTS) is 1. The lowest BCUT2D eigenvalue weighted by Gasteiger charge is -2.43. The number of imide groups is 1. The predicted octanol–water partition coefficient (Wildman–Crippen LogP) is 3.80. The lowest BCUT2D eigenvalue weighted by molar-refractivity contribution is -0.142. The number of aromatic nitrogens is 1. The van der Waals surface area contributed by atoms with Crippen LogP contribution in [0, 0.1) is 29.6 Å². The van der Waals surface area contributed by atoms with Crippen LogP contribution in [0.2, 0.25) is 0 Å². The molecule has 3 N–H and O–H groups in total. The highest BCUT2D eigenvalue weighted by molar-refractivity contribution is 8.00. The van der Waals surface area contributed by atoms with Crippen molar-refractivity contribution in [2.45, 2.75) is 36.0 Å². The zero-order chi connectivity index (χ0) is 31.4. The van der Waals surface area contributed by atoms with Gasteiger partial charge in [0.25, 0.3) is 5.91 Å². The van der Waals surface area contributed by atoms with Crippen LogP contribution in [0.1, 0.15) is 36.1 Å². The molecule has 1 aromatic heterocycles. The van der Waals surface area contributed by atoms with Crippen LogP contribution in [0.3, 0.4) is 0 Å². The lowest BCUT2D eigenvalue weighted by Crippen LogP contribution is -2.42. The summed E-state index contributed by atoms with van der Waals surface area (Å²) >= 11 is 2.75. The highest BCUT2D eigenvalue weighted by Gasteiger charge is 2.69. The number of aliphatic carboxylic acids is 1. The normalized spacial score (nSPS) is 27.6. The number of para-hydroxylation sites is 1. The molecule has 2 bridgehead atoms. The highest BCUT2D eigenvalue weighted by Crippen LogP contribution is 2.68. The van der Waals surface area contributed by atoms with Crippen molar-refractivity contribution in [3.8, 4) is 11.5 Å². The number of carboxylic acids is 1. The molecule has 234 valence electrons. The van der Waals surface area contributed by atoms with Crippen molar-refractivity contribution in [2.75, 3.05) is 25.1 Å². The minimum Gasteiger partial charge on any atom is -0.490 e. The Morgan fingerprint density at radius 3 is 2.51 bits per heavy atom. The smallest absolute Gasteiger partial charge is 0.305 e. The molecule has 1 saturated heterocycles. The number of benzene rings is 2. The quantitative estimate of drug-likeness (QED) is 0.278. The minimum atomic E-state index is -1.05. The molecule has 3 heterocycles. The number of carbonyl (C=O) groups excluding carboxylic acids is 3. The molecule has 7 atom stereocenters. The molecule has 3 fully saturated rings. The van der Waals surface area contributed by atoms with E-state index in [9.17, 15) is 29.1 Å². The van der Waals surface area contributed by atoms with Crippen molar-refractivity contribution in [1.29, 1.82) is 0 Å². The molecule has 2 aliphatic heterocycles. The van der Waals surface area contributed by atoms with Gasteiger partial charge in [0.15, 0.2) is 18.1 Å². The second-order valence-electron chi connectivity index (χ2n) is 11.8. The van der Waals surface area contributed by atoms with Crippen LogP contribution in [0.25, 0.3) is 0 Å². The average Bonchev–Trinajstić information content (AvgIpc) is 3.75. The van der Waals surface area contributed by atoms with Crippen LogP contribution >= 0.6 is 23.1 Å². The average molecular weight is 650 g/mol. The van der Waals surface area contributed by atoms with Crippen molar-refractivity contribution in [1.82, 2.24) is 9.88 Å². The van der Waals surface area contributed by atoms with Gasteiger partial charge < -0.3 is 24.9 Å². The van der Waals surface area contributed by atoms with Crippen molar-refractivity contribution in [2.24, 2.45) is 29.6 Å². The molecule has 0 radical (unpaired) electrons. The fourth-order valence-corrected chi connectivity index (χ4v) is 10.7. The summed E-state index contributed by atoms with van der Waals surface area (Å²) in [7, 11) is 0. The largest absolute Gasteiger partial charge is 0.490 e. The summed E-state index contributed by atoms with van der Waals surface area (Å²) in [6.07, 6.45) is 0.450. The number of likely N-dealkylation sites (tertiary alicyclic amines) is 1. The van der Waals surface area contributed by atoms with Gasteiger partial charge in [-0.05, 0) is 60.9 Å². The number of hydrogen-bond acceptors (Lipinski definition) is 9. The third kappa shape index (κ3) is 5.11. The number of ether oxygens (including phenoxy) is 2. The first-order valence-corrected chi connectivity index (χ1v) is 16.7. The van der Waals surface area contributed by atoms with E-state index in [0.29, 0.717) is 23.8 Å². The number of thioether (sulfide) groups is 1. The third-order valence-electron chi connectivity index (χ3n) is 9.41. The number of H-pyrrole nitrogens is 1. The number of thiazole rings is 1. The highest BCUT2D eigenvalue weighted by atomic mass is 32.2. The zero-order valence-electron chi connectivity index (χ0n) is 24.3. The molecule has 2 aliphatic carbocycles.